The summed E-state index contributed by atoms with van der Waals surface area (Å²) in [4.78, 5) is 20.9. The summed E-state index contributed by atoms with van der Waals surface area (Å²) in [5, 5.41) is 3.72. The van der Waals surface area contributed by atoms with Gasteiger partial charge in [0.05, 0.1) is 11.9 Å². The van der Waals surface area contributed by atoms with Crippen LogP contribution in [0.2, 0.25) is 10.0 Å². The lowest BCUT2D eigenvalue weighted by atomic mass is 9.91. The van der Waals surface area contributed by atoms with Crippen molar-refractivity contribution in [3.63, 3.8) is 0 Å². The van der Waals surface area contributed by atoms with Gasteiger partial charge in [0.2, 0.25) is 5.60 Å². The average molecular weight is 473 g/mol. The van der Waals surface area contributed by atoms with E-state index in [1.165, 1.54) is 12.3 Å². The molecule has 3 rings (SSSR count). The Hall–Kier alpha value is -2.55. The molecule has 0 fully saturated rings. The van der Waals surface area contributed by atoms with Crippen LogP contribution in [0, 0.1) is 6.92 Å². The number of aryl methyl sites for hydroxylation is 1. The third-order valence-electron chi connectivity index (χ3n) is 4.60. The van der Waals surface area contributed by atoms with Crippen molar-refractivity contribution in [3.05, 3.63) is 74.8 Å². The van der Waals surface area contributed by atoms with Crippen LogP contribution in [-0.4, -0.2) is 18.4 Å². The molecule has 5 nitrogen and oxygen atoms in total. The second-order valence-electron chi connectivity index (χ2n) is 6.78. The molecule has 1 heterocycles. The molecule has 1 unspecified atom stereocenters. The molecule has 164 valence electrons. The lowest BCUT2D eigenvalue weighted by Gasteiger charge is -2.28. The van der Waals surface area contributed by atoms with Crippen LogP contribution in [0.4, 0.5) is 13.2 Å². The lowest BCUT2D eigenvalue weighted by molar-refractivity contribution is -0.269. The first kappa shape index (κ1) is 23.1. The number of halogens is 5. The molecule has 2 aromatic carbocycles. The molecular weight excluding hydrogens is 456 g/mol. The summed E-state index contributed by atoms with van der Waals surface area (Å²) in [5.74, 6) is -0.479. The summed E-state index contributed by atoms with van der Waals surface area (Å²) in [6.45, 7) is 3.39. The fourth-order valence-corrected chi connectivity index (χ4v) is 3.47. The van der Waals surface area contributed by atoms with Gasteiger partial charge in [0.25, 0.3) is 0 Å². The van der Waals surface area contributed by atoms with E-state index in [0.29, 0.717) is 16.7 Å². The van der Waals surface area contributed by atoms with Gasteiger partial charge in [-0.15, -0.1) is 0 Å². The second-order valence-corrected chi connectivity index (χ2v) is 7.65. The Balaban J connectivity index is 1.96. The normalized spacial score (nSPS) is 18.7. The summed E-state index contributed by atoms with van der Waals surface area (Å²) in [5.41, 5.74) is 1.27. The van der Waals surface area contributed by atoms with E-state index >= 15 is 0 Å². The molecule has 0 aromatic heterocycles. The largest absolute Gasteiger partial charge is 0.428 e. The smallest absolute Gasteiger partial charge is 0.318 e. The number of nitrogens with one attached hydrogen (secondary N) is 1. The van der Waals surface area contributed by atoms with Gasteiger partial charge in [-0.2, -0.15) is 13.2 Å². The van der Waals surface area contributed by atoms with Crippen LogP contribution in [-0.2, 0) is 20.1 Å². The van der Waals surface area contributed by atoms with Gasteiger partial charge < -0.3 is 4.84 Å². The Morgan fingerprint density at radius 3 is 2.48 bits per heavy atom. The van der Waals surface area contributed by atoms with Gasteiger partial charge in [0, 0.05) is 22.0 Å². The highest BCUT2D eigenvalue weighted by atomic mass is 35.5. The monoisotopic (exact) mass is 472 g/mol. The molecule has 0 amide bonds. The van der Waals surface area contributed by atoms with Crippen molar-refractivity contribution in [2.45, 2.75) is 32.0 Å². The third kappa shape index (κ3) is 4.87. The first-order valence-electron chi connectivity index (χ1n) is 9.10. The Morgan fingerprint density at radius 2 is 1.90 bits per heavy atom. The molecule has 10 heteroatoms. The van der Waals surface area contributed by atoms with Crippen molar-refractivity contribution >= 4 is 41.1 Å². The molecule has 0 saturated heterocycles. The van der Waals surface area contributed by atoms with E-state index in [1.54, 1.807) is 32.0 Å². The molecular formula is C21H17Cl2F3N2O3. The minimum absolute atomic E-state index is 0.0554. The van der Waals surface area contributed by atoms with Crippen LogP contribution < -0.4 is 5.48 Å². The molecule has 2 aromatic rings. The number of benzene rings is 2. The average Bonchev–Trinajstić information content (AvgIpc) is 3.15. The van der Waals surface area contributed by atoms with E-state index in [0.717, 1.165) is 18.2 Å². The second kappa shape index (κ2) is 8.90. The van der Waals surface area contributed by atoms with E-state index in [4.69, 9.17) is 28.0 Å². The van der Waals surface area contributed by atoms with Gasteiger partial charge in [-0.3, -0.25) is 10.3 Å². The topological polar surface area (TPSA) is 59.9 Å². The Labute approximate surface area is 186 Å². The Morgan fingerprint density at radius 1 is 1.23 bits per heavy atom. The van der Waals surface area contributed by atoms with Gasteiger partial charge in [0.15, 0.2) is 0 Å². The number of oxime groups is 1. The van der Waals surface area contributed by atoms with Crippen LogP contribution in [0.3, 0.4) is 0 Å². The highest BCUT2D eigenvalue weighted by Gasteiger charge is 2.59. The quantitative estimate of drug-likeness (QED) is 0.333. The van der Waals surface area contributed by atoms with E-state index in [2.05, 4.69) is 15.5 Å². The SMILES string of the molecule is CCC(=O)ON=Cc1ccc(C2=CC(c3cc(Cl)cc(Cl)c3)(C(F)(F)F)ON2)cc1C. The van der Waals surface area contributed by atoms with Crippen LogP contribution in [0.25, 0.3) is 5.70 Å². The molecule has 0 aliphatic carbocycles. The first-order chi connectivity index (χ1) is 14.6. The molecule has 1 aliphatic heterocycles. The number of hydrogen-bond donors (Lipinski definition) is 1. The predicted octanol–water partition coefficient (Wildman–Crippen LogP) is 5.92. The van der Waals surface area contributed by atoms with Gasteiger partial charge in [-0.25, -0.2) is 4.79 Å². The van der Waals surface area contributed by atoms with Crippen molar-refractivity contribution in [2.75, 3.05) is 0 Å². The minimum Gasteiger partial charge on any atom is -0.318 e. The maximum absolute atomic E-state index is 14.1. The lowest BCUT2D eigenvalue weighted by Crippen LogP contribution is -2.42. The van der Waals surface area contributed by atoms with Gasteiger partial charge >= 0.3 is 12.1 Å². The van der Waals surface area contributed by atoms with Gasteiger partial charge in [-0.05, 0) is 54.0 Å². The number of carbonyl (C=O) groups is 1. The van der Waals surface area contributed by atoms with Crippen molar-refractivity contribution in [1.29, 1.82) is 0 Å². The summed E-state index contributed by atoms with van der Waals surface area (Å²) in [7, 11) is 0. The Bertz CT molecular complexity index is 1050. The van der Waals surface area contributed by atoms with Crippen molar-refractivity contribution in [3.8, 4) is 0 Å². The van der Waals surface area contributed by atoms with Crippen LogP contribution in [0.15, 0.2) is 47.6 Å². The van der Waals surface area contributed by atoms with Gasteiger partial charge in [0.1, 0.15) is 0 Å². The van der Waals surface area contributed by atoms with E-state index in [9.17, 15) is 18.0 Å². The Kier molecular flexibility index (Phi) is 6.64. The molecule has 1 aliphatic rings. The molecule has 0 spiro atoms. The van der Waals surface area contributed by atoms with Crippen molar-refractivity contribution < 1.29 is 27.6 Å². The zero-order valence-electron chi connectivity index (χ0n) is 16.4. The fraction of sp³-hybridized carbons (Fsp3) is 0.238. The number of hydroxylamine groups is 1. The maximum Gasteiger partial charge on any atom is 0.428 e. The minimum atomic E-state index is -4.79. The molecule has 0 bridgehead atoms. The first-order valence-corrected chi connectivity index (χ1v) is 9.85. The van der Waals surface area contributed by atoms with E-state index in [-0.39, 0.29) is 27.7 Å². The fourth-order valence-electron chi connectivity index (χ4n) is 2.95. The molecule has 1 N–H and O–H groups in total. The maximum atomic E-state index is 14.1. The third-order valence-corrected chi connectivity index (χ3v) is 5.03. The standard InChI is InChI=1S/C21H17Cl2F3N2O3/c1-3-19(29)30-27-11-14-5-4-13(6-12(14)2)18-10-20(31-28-18,21(24,25)26)15-7-16(22)9-17(23)8-15/h4-11,28H,3H2,1-2H3. The molecule has 0 radical (unpaired) electrons. The highest BCUT2D eigenvalue weighted by Crippen LogP contribution is 2.48. The highest BCUT2D eigenvalue weighted by molar-refractivity contribution is 6.34. The number of nitrogens with zero attached hydrogens (tertiary/aromatic N) is 1. The number of alkyl halides is 3. The van der Waals surface area contributed by atoms with Crippen LogP contribution in [0.1, 0.15) is 35.6 Å². The number of rotatable bonds is 5. The van der Waals surface area contributed by atoms with Crippen molar-refractivity contribution in [2.24, 2.45) is 5.16 Å². The van der Waals surface area contributed by atoms with Gasteiger partial charge in [-0.1, -0.05) is 47.4 Å². The van der Waals surface area contributed by atoms with E-state index < -0.39 is 17.7 Å². The molecule has 1 atom stereocenters. The molecule has 0 saturated carbocycles. The summed E-state index contributed by atoms with van der Waals surface area (Å²) >= 11 is 11.8. The number of hydrogen-bond acceptors (Lipinski definition) is 5. The summed E-state index contributed by atoms with van der Waals surface area (Å²) < 4.78 is 42.2. The van der Waals surface area contributed by atoms with Crippen molar-refractivity contribution in [1.82, 2.24) is 5.48 Å². The molecule has 31 heavy (non-hydrogen) atoms. The van der Waals surface area contributed by atoms with Crippen LogP contribution in [0.5, 0.6) is 0 Å². The van der Waals surface area contributed by atoms with E-state index in [1.807, 2.05) is 0 Å². The zero-order valence-corrected chi connectivity index (χ0v) is 17.9. The van der Waals surface area contributed by atoms with Crippen LogP contribution >= 0.6 is 23.2 Å². The summed E-state index contributed by atoms with van der Waals surface area (Å²) in [6.07, 6.45) is -2.30. The summed E-state index contributed by atoms with van der Waals surface area (Å²) in [6, 6.07) is 8.54. The predicted molar refractivity (Wildman–Crippen MR) is 112 cm³/mol. The zero-order chi connectivity index (χ0) is 22.8. The number of carbonyl (C=O) groups excluding carboxylic acids is 1.